The summed E-state index contributed by atoms with van der Waals surface area (Å²) in [6.07, 6.45) is 0.743. The maximum absolute atomic E-state index is 12.8. The summed E-state index contributed by atoms with van der Waals surface area (Å²) in [6.45, 7) is 8.09. The fourth-order valence-corrected chi connectivity index (χ4v) is 4.15. The van der Waals surface area contributed by atoms with Crippen LogP contribution < -0.4 is 10.1 Å². The zero-order chi connectivity index (χ0) is 18.9. The summed E-state index contributed by atoms with van der Waals surface area (Å²) in [5, 5.41) is 3.71. The molecular formula is C21H24ClNO2S. The maximum Gasteiger partial charge on any atom is 0.233 e. The summed E-state index contributed by atoms with van der Waals surface area (Å²) in [5.74, 6) is 0.892. The highest BCUT2D eigenvalue weighted by Gasteiger charge is 2.35. The molecule has 0 spiro atoms. The van der Waals surface area contributed by atoms with Gasteiger partial charge in [-0.3, -0.25) is 4.79 Å². The van der Waals surface area contributed by atoms with Crippen LogP contribution in [-0.4, -0.2) is 16.8 Å². The molecule has 1 N–H and O–H groups in total. The second-order valence-corrected chi connectivity index (χ2v) is 9.23. The van der Waals surface area contributed by atoms with Gasteiger partial charge in [-0.25, -0.2) is 0 Å². The number of thioether (sulfide) groups is 1. The lowest BCUT2D eigenvalue weighted by Gasteiger charge is -2.38. The summed E-state index contributed by atoms with van der Waals surface area (Å²) in [5.41, 5.74) is 1.89. The molecule has 1 aliphatic rings. The molecule has 1 aliphatic heterocycles. The van der Waals surface area contributed by atoms with Gasteiger partial charge in [0.1, 0.15) is 11.4 Å². The van der Waals surface area contributed by atoms with Gasteiger partial charge in [0.2, 0.25) is 5.91 Å². The van der Waals surface area contributed by atoms with E-state index in [1.54, 1.807) is 0 Å². The Hall–Kier alpha value is -1.65. The summed E-state index contributed by atoms with van der Waals surface area (Å²) >= 11 is 7.46. The third kappa shape index (κ3) is 4.54. The molecule has 0 unspecified atom stereocenters. The minimum absolute atomic E-state index is 0.0270. The maximum atomic E-state index is 12.8. The van der Waals surface area contributed by atoms with Crippen LogP contribution in [-0.2, 0) is 4.79 Å². The predicted octanol–water partition coefficient (Wildman–Crippen LogP) is 5.55. The lowest BCUT2D eigenvalue weighted by molar-refractivity contribution is -0.121. The third-order valence-electron chi connectivity index (χ3n) is 4.44. The van der Waals surface area contributed by atoms with Crippen molar-refractivity contribution in [1.82, 2.24) is 5.32 Å². The van der Waals surface area contributed by atoms with Crippen molar-refractivity contribution in [1.29, 1.82) is 0 Å². The van der Waals surface area contributed by atoms with Crippen LogP contribution in [0.1, 0.15) is 44.4 Å². The topological polar surface area (TPSA) is 38.3 Å². The van der Waals surface area contributed by atoms with Crippen molar-refractivity contribution in [3.05, 3.63) is 58.6 Å². The van der Waals surface area contributed by atoms with E-state index in [9.17, 15) is 4.79 Å². The first kappa shape index (κ1) is 19.1. The number of hydrogen-bond acceptors (Lipinski definition) is 3. The number of carbonyl (C=O) groups excluding carboxylic acids is 1. The van der Waals surface area contributed by atoms with Crippen molar-refractivity contribution in [3.8, 4) is 5.75 Å². The highest BCUT2D eigenvalue weighted by molar-refractivity contribution is 8.00. The fourth-order valence-electron chi connectivity index (χ4n) is 3.15. The molecule has 0 aliphatic carbocycles. The van der Waals surface area contributed by atoms with Gasteiger partial charge in [0.25, 0.3) is 0 Å². The number of ether oxygens (including phenoxy) is 1. The molecule has 0 fully saturated rings. The fraction of sp³-hybridized carbons (Fsp3) is 0.381. The van der Waals surface area contributed by atoms with Crippen LogP contribution in [0.2, 0.25) is 5.02 Å². The van der Waals surface area contributed by atoms with E-state index in [0.29, 0.717) is 5.02 Å². The number of halogens is 1. The van der Waals surface area contributed by atoms with Crippen LogP contribution >= 0.6 is 23.4 Å². The Bertz CT molecular complexity index is 804. The van der Waals surface area contributed by atoms with E-state index in [4.69, 9.17) is 16.3 Å². The second-order valence-electron chi connectivity index (χ2n) is 7.38. The molecule has 138 valence electrons. The average Bonchev–Trinajstić information content (AvgIpc) is 2.55. The Morgan fingerprint density at radius 2 is 1.96 bits per heavy atom. The molecule has 5 heteroatoms. The van der Waals surface area contributed by atoms with Crippen LogP contribution in [0.3, 0.4) is 0 Å². The van der Waals surface area contributed by atoms with Gasteiger partial charge in [0.15, 0.2) is 0 Å². The summed E-state index contributed by atoms with van der Waals surface area (Å²) in [4.78, 5) is 13.8. The minimum Gasteiger partial charge on any atom is -0.487 e. The van der Waals surface area contributed by atoms with Gasteiger partial charge in [-0.15, -0.1) is 11.8 Å². The smallest absolute Gasteiger partial charge is 0.233 e. The average molecular weight is 390 g/mol. The number of aryl methyl sites for hydroxylation is 1. The van der Waals surface area contributed by atoms with Crippen molar-refractivity contribution < 1.29 is 9.53 Å². The zero-order valence-corrected chi connectivity index (χ0v) is 17.1. The van der Waals surface area contributed by atoms with Gasteiger partial charge in [-0.05, 0) is 63.6 Å². The molecular weight excluding hydrogens is 366 g/mol. The zero-order valence-electron chi connectivity index (χ0n) is 15.5. The highest BCUT2D eigenvalue weighted by atomic mass is 35.5. The van der Waals surface area contributed by atoms with E-state index < -0.39 is 0 Å². The van der Waals surface area contributed by atoms with Crippen molar-refractivity contribution in [3.63, 3.8) is 0 Å². The van der Waals surface area contributed by atoms with E-state index in [-0.39, 0.29) is 22.8 Å². The molecule has 2 aromatic carbocycles. The Morgan fingerprint density at radius 1 is 1.27 bits per heavy atom. The van der Waals surface area contributed by atoms with Gasteiger partial charge in [-0.1, -0.05) is 23.7 Å². The quantitative estimate of drug-likeness (QED) is 0.697. The molecule has 1 amide bonds. The van der Waals surface area contributed by atoms with E-state index in [0.717, 1.165) is 28.2 Å². The molecule has 0 radical (unpaired) electrons. The van der Waals surface area contributed by atoms with E-state index in [1.165, 1.54) is 11.8 Å². The first-order chi connectivity index (χ1) is 12.2. The Kier molecular flexibility index (Phi) is 5.54. The van der Waals surface area contributed by atoms with Crippen molar-refractivity contribution in [2.75, 3.05) is 0 Å². The highest BCUT2D eigenvalue weighted by Crippen LogP contribution is 2.40. The number of rotatable bonds is 4. The normalized spacial score (nSPS) is 19.2. The number of nitrogens with one attached hydrogen (secondary N) is 1. The van der Waals surface area contributed by atoms with Crippen molar-refractivity contribution in [2.24, 2.45) is 0 Å². The molecule has 3 nitrogen and oxygen atoms in total. The predicted molar refractivity (Wildman–Crippen MR) is 108 cm³/mol. The second kappa shape index (κ2) is 7.53. The van der Waals surface area contributed by atoms with Gasteiger partial charge >= 0.3 is 0 Å². The van der Waals surface area contributed by atoms with Gasteiger partial charge < -0.3 is 10.1 Å². The van der Waals surface area contributed by atoms with Gasteiger partial charge in [0, 0.05) is 21.9 Å². The first-order valence-corrected chi connectivity index (χ1v) is 10.0. The Balaban J connectivity index is 1.73. The molecule has 1 heterocycles. The van der Waals surface area contributed by atoms with E-state index in [1.807, 2.05) is 44.2 Å². The number of carbonyl (C=O) groups is 1. The monoisotopic (exact) mass is 389 g/mol. The molecule has 0 bridgehead atoms. The third-order valence-corrected chi connectivity index (χ3v) is 5.80. The van der Waals surface area contributed by atoms with Crippen molar-refractivity contribution in [2.45, 2.75) is 55.9 Å². The molecule has 0 saturated heterocycles. The molecule has 26 heavy (non-hydrogen) atoms. The van der Waals surface area contributed by atoms with Crippen LogP contribution in [0, 0.1) is 6.92 Å². The number of benzene rings is 2. The SMILES string of the molecule is Cc1ccc2c(c1)OC(C)(C)C[C@H]2NC(=O)[C@H](C)Sc1ccc(Cl)cc1. The van der Waals surface area contributed by atoms with E-state index >= 15 is 0 Å². The first-order valence-electron chi connectivity index (χ1n) is 8.76. The summed E-state index contributed by atoms with van der Waals surface area (Å²) < 4.78 is 6.11. The Morgan fingerprint density at radius 3 is 2.65 bits per heavy atom. The molecule has 0 aromatic heterocycles. The molecule has 2 atom stereocenters. The van der Waals surface area contributed by atoms with Crippen LogP contribution in [0.15, 0.2) is 47.4 Å². The number of hydrogen-bond donors (Lipinski definition) is 1. The van der Waals surface area contributed by atoms with Crippen LogP contribution in [0.25, 0.3) is 0 Å². The van der Waals surface area contributed by atoms with E-state index in [2.05, 4.69) is 31.3 Å². The molecule has 2 aromatic rings. The van der Waals surface area contributed by atoms with Crippen molar-refractivity contribution >= 4 is 29.3 Å². The lowest BCUT2D eigenvalue weighted by atomic mass is 9.89. The lowest BCUT2D eigenvalue weighted by Crippen LogP contribution is -2.43. The summed E-state index contributed by atoms with van der Waals surface area (Å²) in [7, 11) is 0. The Labute approximate surface area is 164 Å². The van der Waals surface area contributed by atoms with Crippen LogP contribution in [0.5, 0.6) is 5.75 Å². The minimum atomic E-state index is -0.314. The van der Waals surface area contributed by atoms with Crippen LogP contribution in [0.4, 0.5) is 0 Å². The largest absolute Gasteiger partial charge is 0.487 e. The molecule has 3 rings (SSSR count). The number of fused-ring (bicyclic) bond motifs is 1. The standard InChI is InChI=1S/C21H24ClNO2S/c1-13-5-10-17-18(12-21(3,4)25-19(17)11-13)23-20(24)14(2)26-16-8-6-15(22)7-9-16/h5-11,14,18H,12H2,1-4H3,(H,23,24)/t14-,18+/m0/s1. The van der Waals surface area contributed by atoms with Gasteiger partial charge in [-0.2, -0.15) is 0 Å². The summed E-state index contributed by atoms with van der Waals surface area (Å²) in [6, 6.07) is 13.7. The molecule has 0 saturated carbocycles. The number of amides is 1. The van der Waals surface area contributed by atoms with Gasteiger partial charge in [0.05, 0.1) is 11.3 Å².